The number of rotatable bonds is 7. The smallest absolute Gasteiger partial charge is 0.854 e. The molecule has 0 aliphatic rings. The standard InChI is InChI=1S/C11H8F15O2.Li/c1-4(2-3-27)28-5(6(12,13)9(18,19)20,7(14,15)10(21,22)23)8(16,17)11(24,25)26;/h4H,2-3H2,1H3;/q-1;+1. The van der Waals surface area contributed by atoms with Crippen LogP contribution in [0.5, 0.6) is 0 Å². The van der Waals surface area contributed by atoms with E-state index in [1.165, 1.54) is 0 Å². The molecule has 0 aliphatic heterocycles. The molecule has 0 radical (unpaired) electrons. The summed E-state index contributed by atoms with van der Waals surface area (Å²) in [4.78, 5) is 0. The molecule has 0 saturated heterocycles. The molecule has 0 aromatic heterocycles. The first-order valence-corrected chi connectivity index (χ1v) is 6.55. The molecule has 0 aromatic rings. The Morgan fingerprint density at radius 1 is 0.621 bits per heavy atom. The molecule has 18 heteroatoms. The summed E-state index contributed by atoms with van der Waals surface area (Å²) in [6, 6.07) is 0. The van der Waals surface area contributed by atoms with Crippen molar-refractivity contribution in [1.29, 1.82) is 0 Å². The minimum Gasteiger partial charge on any atom is -0.854 e. The Morgan fingerprint density at radius 3 is 1.03 bits per heavy atom. The molecule has 0 bridgehead atoms. The topological polar surface area (TPSA) is 32.3 Å². The van der Waals surface area contributed by atoms with Crippen molar-refractivity contribution >= 4 is 0 Å². The molecular weight excluding hydrogens is 456 g/mol. The Kier molecular flexibility index (Phi) is 9.03. The van der Waals surface area contributed by atoms with E-state index in [9.17, 15) is 71.0 Å². The first kappa shape index (κ1) is 30.7. The first-order chi connectivity index (χ1) is 12.0. The van der Waals surface area contributed by atoms with E-state index in [1.807, 2.05) is 0 Å². The van der Waals surface area contributed by atoms with Crippen molar-refractivity contribution in [3.63, 3.8) is 0 Å². The fourth-order valence-electron chi connectivity index (χ4n) is 1.94. The maximum Gasteiger partial charge on any atom is 1.00 e. The fourth-order valence-corrected chi connectivity index (χ4v) is 1.94. The van der Waals surface area contributed by atoms with E-state index in [0.29, 0.717) is 0 Å². The molecule has 0 heterocycles. The molecule has 0 fully saturated rings. The van der Waals surface area contributed by atoms with Gasteiger partial charge < -0.3 is 9.84 Å². The summed E-state index contributed by atoms with van der Waals surface area (Å²) in [5, 5.41) is 10.3. The SMILES string of the molecule is CC(CC[O-])OC(C(F)(F)C(F)(F)F)(C(F)(F)C(F)(F)F)C(F)(F)C(F)(F)F.[Li+]. The Hall–Kier alpha value is -0.533. The molecule has 0 saturated carbocycles. The maximum absolute atomic E-state index is 13.6. The van der Waals surface area contributed by atoms with E-state index < -0.39 is 61.0 Å². The maximum atomic E-state index is 13.6. The molecule has 0 rings (SSSR count). The van der Waals surface area contributed by atoms with Gasteiger partial charge in [0.05, 0.1) is 6.10 Å². The zero-order chi connectivity index (χ0) is 23.2. The molecular formula is C11H8F15LiO2. The molecule has 170 valence electrons. The van der Waals surface area contributed by atoms with Crippen LogP contribution in [-0.2, 0) is 4.74 Å². The summed E-state index contributed by atoms with van der Waals surface area (Å²) in [5.74, 6) is -24.3. The van der Waals surface area contributed by atoms with Gasteiger partial charge in [-0.05, 0) is 13.3 Å². The third-order valence-electron chi connectivity index (χ3n) is 3.30. The average molecular weight is 464 g/mol. The molecule has 1 atom stereocenters. The van der Waals surface area contributed by atoms with Crippen LogP contribution in [0.1, 0.15) is 13.3 Å². The van der Waals surface area contributed by atoms with Crippen LogP contribution in [0.3, 0.4) is 0 Å². The van der Waals surface area contributed by atoms with Gasteiger partial charge in [-0.1, -0.05) is 0 Å². The normalized spacial score (nSPS) is 16.4. The van der Waals surface area contributed by atoms with Crippen LogP contribution in [-0.4, -0.2) is 54.6 Å². The van der Waals surface area contributed by atoms with E-state index in [1.54, 1.807) is 0 Å². The van der Waals surface area contributed by atoms with Crippen LogP contribution in [0.4, 0.5) is 65.9 Å². The molecule has 2 nitrogen and oxygen atoms in total. The van der Waals surface area contributed by atoms with Gasteiger partial charge in [0.2, 0.25) is 0 Å². The van der Waals surface area contributed by atoms with Crippen LogP contribution in [0.2, 0.25) is 0 Å². The van der Waals surface area contributed by atoms with E-state index >= 15 is 0 Å². The van der Waals surface area contributed by atoms with Crippen molar-refractivity contribution in [3.8, 4) is 0 Å². The predicted molar refractivity (Wildman–Crippen MR) is 55.8 cm³/mol. The van der Waals surface area contributed by atoms with Crippen LogP contribution >= 0.6 is 0 Å². The fraction of sp³-hybridized carbons (Fsp3) is 1.00. The Balaban J connectivity index is 0. The second kappa shape index (κ2) is 8.54. The Labute approximate surface area is 163 Å². The van der Waals surface area contributed by atoms with Crippen LogP contribution < -0.4 is 24.0 Å². The van der Waals surface area contributed by atoms with Crippen molar-refractivity contribution in [2.24, 2.45) is 0 Å². The first-order valence-electron chi connectivity index (χ1n) is 6.55. The van der Waals surface area contributed by atoms with Gasteiger partial charge >= 0.3 is 55.2 Å². The van der Waals surface area contributed by atoms with E-state index in [0.717, 1.165) is 0 Å². The predicted octanol–water partition coefficient (Wildman–Crippen LogP) is 1.48. The zero-order valence-corrected chi connectivity index (χ0v) is 14.0. The number of hydrogen-bond donors (Lipinski definition) is 0. The van der Waals surface area contributed by atoms with Crippen molar-refractivity contribution in [1.82, 2.24) is 0 Å². The van der Waals surface area contributed by atoms with E-state index in [-0.39, 0.29) is 25.8 Å². The quantitative estimate of drug-likeness (QED) is 0.423. The molecule has 0 spiro atoms. The number of alkyl halides is 15. The summed E-state index contributed by atoms with van der Waals surface area (Å²) in [7, 11) is 0. The van der Waals surface area contributed by atoms with Gasteiger partial charge in [-0.2, -0.15) is 65.9 Å². The summed E-state index contributed by atoms with van der Waals surface area (Å²) in [5.41, 5.74) is -7.85. The van der Waals surface area contributed by atoms with E-state index in [4.69, 9.17) is 0 Å². The summed E-state index contributed by atoms with van der Waals surface area (Å²) in [6.45, 7) is -1.69. The van der Waals surface area contributed by atoms with E-state index in [2.05, 4.69) is 4.74 Å². The van der Waals surface area contributed by atoms with Crippen molar-refractivity contribution in [3.05, 3.63) is 0 Å². The molecule has 0 amide bonds. The number of halogens is 15. The Morgan fingerprint density at radius 2 is 0.862 bits per heavy atom. The van der Waals surface area contributed by atoms with Gasteiger partial charge in [0.15, 0.2) is 0 Å². The van der Waals surface area contributed by atoms with Gasteiger partial charge in [-0.3, -0.25) is 0 Å². The average Bonchev–Trinajstić information content (AvgIpc) is 2.40. The number of hydrogen-bond acceptors (Lipinski definition) is 2. The second-order valence-corrected chi connectivity index (χ2v) is 5.32. The summed E-state index contributed by atoms with van der Waals surface area (Å²) >= 11 is 0. The van der Waals surface area contributed by atoms with Crippen molar-refractivity contribution < 1.29 is 94.6 Å². The molecule has 29 heavy (non-hydrogen) atoms. The van der Waals surface area contributed by atoms with Gasteiger partial charge in [-0.15, -0.1) is 6.61 Å². The monoisotopic (exact) mass is 464 g/mol. The molecule has 0 aliphatic carbocycles. The Bertz CT molecular complexity index is 471. The van der Waals surface area contributed by atoms with Crippen LogP contribution in [0.15, 0.2) is 0 Å². The van der Waals surface area contributed by atoms with Crippen molar-refractivity contribution in [2.75, 3.05) is 6.61 Å². The van der Waals surface area contributed by atoms with Crippen LogP contribution in [0, 0.1) is 0 Å². The van der Waals surface area contributed by atoms with Gasteiger partial charge in [0.25, 0.3) is 5.60 Å². The zero-order valence-electron chi connectivity index (χ0n) is 14.0. The van der Waals surface area contributed by atoms with Gasteiger partial charge in [-0.25, -0.2) is 0 Å². The van der Waals surface area contributed by atoms with Gasteiger partial charge in [0, 0.05) is 0 Å². The van der Waals surface area contributed by atoms with Gasteiger partial charge in [0.1, 0.15) is 0 Å². The molecule has 1 unspecified atom stereocenters. The molecule has 0 N–H and O–H groups in total. The molecule has 0 aromatic carbocycles. The minimum atomic E-state index is -8.10. The number of ether oxygens (including phenoxy) is 1. The summed E-state index contributed by atoms with van der Waals surface area (Å²) < 4.78 is 197. The third-order valence-corrected chi connectivity index (χ3v) is 3.30. The third kappa shape index (κ3) is 4.72. The second-order valence-electron chi connectivity index (χ2n) is 5.32. The largest absolute Gasteiger partial charge is 1.00 e. The minimum absolute atomic E-state index is 0. The van der Waals surface area contributed by atoms with Crippen LogP contribution in [0.25, 0.3) is 0 Å². The summed E-state index contributed by atoms with van der Waals surface area (Å²) in [6.07, 6.45) is -27.9. The van der Waals surface area contributed by atoms with Crippen molar-refractivity contribution in [2.45, 2.75) is 61.3 Å².